The molecule has 0 aliphatic heterocycles. The van der Waals surface area contributed by atoms with Crippen molar-refractivity contribution >= 4 is 5.97 Å². The minimum Gasteiger partial charge on any atom is -0.481 e. The van der Waals surface area contributed by atoms with E-state index in [1.807, 2.05) is 6.07 Å². The molecule has 0 amide bonds. The van der Waals surface area contributed by atoms with Gasteiger partial charge in [-0.15, -0.1) is 0 Å². The fourth-order valence-corrected chi connectivity index (χ4v) is 2.43. The SMILES string of the molecule is CC[C@@H]1Cc2ccc([C@@H](C)C(=O)O)cc2C1. The van der Waals surface area contributed by atoms with Crippen molar-refractivity contribution in [1.82, 2.24) is 0 Å². The van der Waals surface area contributed by atoms with Crippen molar-refractivity contribution in [2.45, 2.75) is 39.0 Å². The molecule has 1 aliphatic carbocycles. The summed E-state index contributed by atoms with van der Waals surface area (Å²) in [7, 11) is 0. The second-order valence-corrected chi connectivity index (χ2v) is 4.77. The van der Waals surface area contributed by atoms with E-state index in [1.54, 1.807) is 6.92 Å². The fraction of sp³-hybridized carbons (Fsp3) is 0.500. The zero-order chi connectivity index (χ0) is 11.7. The molecule has 0 saturated heterocycles. The van der Waals surface area contributed by atoms with Crippen molar-refractivity contribution in [3.05, 3.63) is 34.9 Å². The summed E-state index contributed by atoms with van der Waals surface area (Å²) in [4.78, 5) is 10.9. The average molecular weight is 218 g/mol. The Hall–Kier alpha value is -1.31. The van der Waals surface area contributed by atoms with Gasteiger partial charge in [-0.05, 0) is 42.4 Å². The molecule has 1 aliphatic rings. The molecule has 1 aromatic rings. The molecule has 0 fully saturated rings. The van der Waals surface area contributed by atoms with Crippen LogP contribution in [0.2, 0.25) is 0 Å². The van der Waals surface area contributed by atoms with Crippen LogP contribution in [0.15, 0.2) is 18.2 Å². The Morgan fingerprint density at radius 2 is 2.12 bits per heavy atom. The summed E-state index contributed by atoms with van der Waals surface area (Å²) in [6.07, 6.45) is 3.48. The lowest BCUT2D eigenvalue weighted by molar-refractivity contribution is -0.138. The molecule has 1 N–H and O–H groups in total. The summed E-state index contributed by atoms with van der Waals surface area (Å²) in [6, 6.07) is 6.17. The van der Waals surface area contributed by atoms with Gasteiger partial charge in [0.2, 0.25) is 0 Å². The quantitative estimate of drug-likeness (QED) is 0.846. The lowest BCUT2D eigenvalue weighted by atomic mass is 9.97. The number of benzene rings is 1. The molecule has 0 spiro atoms. The van der Waals surface area contributed by atoms with Gasteiger partial charge in [-0.3, -0.25) is 4.79 Å². The standard InChI is InChI=1S/C14H18O2/c1-3-10-6-12-5-4-11(8-13(12)7-10)9(2)14(15)16/h4-5,8-10H,3,6-7H2,1-2H3,(H,15,16)/t9-,10-/m1/s1. The van der Waals surface area contributed by atoms with Gasteiger partial charge in [0.1, 0.15) is 0 Å². The van der Waals surface area contributed by atoms with E-state index in [0.717, 1.165) is 24.3 Å². The van der Waals surface area contributed by atoms with E-state index in [2.05, 4.69) is 19.1 Å². The molecule has 0 heterocycles. The third-order valence-corrected chi connectivity index (χ3v) is 3.70. The Labute approximate surface area is 96.3 Å². The van der Waals surface area contributed by atoms with Crippen LogP contribution in [0.25, 0.3) is 0 Å². The van der Waals surface area contributed by atoms with Crippen LogP contribution in [0, 0.1) is 5.92 Å². The molecular formula is C14H18O2. The molecule has 0 bridgehead atoms. The average Bonchev–Trinajstić information content (AvgIpc) is 2.69. The first kappa shape index (κ1) is 11.2. The Morgan fingerprint density at radius 3 is 2.75 bits per heavy atom. The molecule has 0 radical (unpaired) electrons. The first-order valence-electron chi connectivity index (χ1n) is 5.96. The maximum atomic E-state index is 10.9. The maximum Gasteiger partial charge on any atom is 0.310 e. The van der Waals surface area contributed by atoms with E-state index in [-0.39, 0.29) is 0 Å². The van der Waals surface area contributed by atoms with Crippen LogP contribution in [0.3, 0.4) is 0 Å². The van der Waals surface area contributed by atoms with Crippen LogP contribution in [-0.2, 0) is 17.6 Å². The summed E-state index contributed by atoms with van der Waals surface area (Å²) < 4.78 is 0. The molecule has 1 aromatic carbocycles. The number of fused-ring (bicyclic) bond motifs is 1. The van der Waals surface area contributed by atoms with Crippen LogP contribution in [0.1, 0.15) is 42.9 Å². The zero-order valence-corrected chi connectivity index (χ0v) is 9.86. The zero-order valence-electron chi connectivity index (χ0n) is 9.86. The first-order valence-corrected chi connectivity index (χ1v) is 5.96. The summed E-state index contributed by atoms with van der Waals surface area (Å²) in [5, 5.41) is 8.98. The highest BCUT2D eigenvalue weighted by Crippen LogP contribution is 2.31. The Kier molecular flexibility index (Phi) is 2.99. The lowest BCUT2D eigenvalue weighted by Crippen LogP contribution is -2.07. The predicted octanol–water partition coefficient (Wildman–Crippen LogP) is 3.00. The van der Waals surface area contributed by atoms with E-state index in [1.165, 1.54) is 17.5 Å². The van der Waals surface area contributed by atoms with Crippen molar-refractivity contribution in [2.24, 2.45) is 5.92 Å². The number of aliphatic carboxylic acids is 1. The van der Waals surface area contributed by atoms with Gasteiger partial charge in [0.05, 0.1) is 5.92 Å². The Morgan fingerprint density at radius 1 is 1.44 bits per heavy atom. The molecule has 2 nitrogen and oxygen atoms in total. The summed E-state index contributed by atoms with van der Waals surface area (Å²) >= 11 is 0. The lowest BCUT2D eigenvalue weighted by Gasteiger charge is -2.08. The molecule has 86 valence electrons. The Bertz CT molecular complexity index is 409. The second-order valence-electron chi connectivity index (χ2n) is 4.77. The highest BCUT2D eigenvalue weighted by Gasteiger charge is 2.22. The van der Waals surface area contributed by atoms with E-state index < -0.39 is 11.9 Å². The topological polar surface area (TPSA) is 37.3 Å². The summed E-state index contributed by atoms with van der Waals surface area (Å²) in [5.74, 6) is -0.388. The third-order valence-electron chi connectivity index (χ3n) is 3.70. The number of carboxylic acid groups (broad SMARTS) is 1. The normalized spacial score (nSPS) is 20.5. The van der Waals surface area contributed by atoms with Gasteiger partial charge in [0.25, 0.3) is 0 Å². The van der Waals surface area contributed by atoms with Crippen molar-refractivity contribution < 1.29 is 9.90 Å². The van der Waals surface area contributed by atoms with E-state index in [0.29, 0.717) is 0 Å². The number of hydrogen-bond acceptors (Lipinski definition) is 1. The van der Waals surface area contributed by atoms with Crippen LogP contribution in [0.4, 0.5) is 0 Å². The van der Waals surface area contributed by atoms with E-state index >= 15 is 0 Å². The van der Waals surface area contributed by atoms with Crippen molar-refractivity contribution in [2.75, 3.05) is 0 Å². The van der Waals surface area contributed by atoms with Crippen LogP contribution >= 0.6 is 0 Å². The maximum absolute atomic E-state index is 10.9. The molecule has 0 aromatic heterocycles. The van der Waals surface area contributed by atoms with Gasteiger partial charge in [-0.2, -0.15) is 0 Å². The predicted molar refractivity (Wildman–Crippen MR) is 63.7 cm³/mol. The molecule has 16 heavy (non-hydrogen) atoms. The van der Waals surface area contributed by atoms with Gasteiger partial charge in [0, 0.05) is 0 Å². The van der Waals surface area contributed by atoms with Gasteiger partial charge >= 0.3 is 5.97 Å². The molecular weight excluding hydrogens is 200 g/mol. The van der Waals surface area contributed by atoms with Gasteiger partial charge in [-0.1, -0.05) is 31.5 Å². The number of carboxylic acids is 1. The van der Waals surface area contributed by atoms with Crippen molar-refractivity contribution in [1.29, 1.82) is 0 Å². The highest BCUT2D eigenvalue weighted by atomic mass is 16.4. The molecule has 0 unspecified atom stereocenters. The van der Waals surface area contributed by atoms with Gasteiger partial charge in [0.15, 0.2) is 0 Å². The smallest absolute Gasteiger partial charge is 0.310 e. The van der Waals surface area contributed by atoms with E-state index in [4.69, 9.17) is 5.11 Å². The number of hydrogen-bond donors (Lipinski definition) is 1. The third kappa shape index (κ3) is 1.97. The van der Waals surface area contributed by atoms with Crippen LogP contribution in [-0.4, -0.2) is 11.1 Å². The first-order chi connectivity index (χ1) is 7.61. The number of carbonyl (C=O) groups is 1. The van der Waals surface area contributed by atoms with Gasteiger partial charge in [-0.25, -0.2) is 0 Å². The molecule has 0 saturated carbocycles. The van der Waals surface area contributed by atoms with Crippen LogP contribution < -0.4 is 0 Å². The summed E-state index contributed by atoms with van der Waals surface area (Å²) in [6.45, 7) is 3.97. The van der Waals surface area contributed by atoms with E-state index in [9.17, 15) is 4.79 Å². The fourth-order valence-electron chi connectivity index (χ4n) is 2.43. The monoisotopic (exact) mass is 218 g/mol. The highest BCUT2D eigenvalue weighted by molar-refractivity contribution is 5.75. The minimum absolute atomic E-state index is 0.397. The largest absolute Gasteiger partial charge is 0.481 e. The molecule has 2 atom stereocenters. The number of rotatable bonds is 3. The minimum atomic E-state index is -0.745. The molecule has 2 heteroatoms. The van der Waals surface area contributed by atoms with Crippen molar-refractivity contribution in [3.8, 4) is 0 Å². The second kappa shape index (κ2) is 4.28. The van der Waals surface area contributed by atoms with Crippen LogP contribution in [0.5, 0.6) is 0 Å². The van der Waals surface area contributed by atoms with Crippen molar-refractivity contribution in [3.63, 3.8) is 0 Å². The molecule has 2 rings (SSSR count). The Balaban J connectivity index is 2.25. The summed E-state index contributed by atoms with van der Waals surface area (Å²) in [5.41, 5.74) is 3.70. The van der Waals surface area contributed by atoms with Gasteiger partial charge < -0.3 is 5.11 Å².